The van der Waals surface area contributed by atoms with Gasteiger partial charge in [-0.3, -0.25) is 19.3 Å². The minimum atomic E-state index is -0.661. The molecule has 1 heterocycles. The van der Waals surface area contributed by atoms with E-state index in [9.17, 15) is 14.4 Å². The van der Waals surface area contributed by atoms with Crippen molar-refractivity contribution in [3.8, 4) is 0 Å². The van der Waals surface area contributed by atoms with E-state index < -0.39 is 6.04 Å². The van der Waals surface area contributed by atoms with Crippen molar-refractivity contribution in [2.24, 2.45) is 5.73 Å². The third kappa shape index (κ3) is 6.40. The lowest BCUT2D eigenvalue weighted by molar-refractivity contribution is -0.125. The highest BCUT2D eigenvalue weighted by Gasteiger charge is 2.28. The van der Waals surface area contributed by atoms with Crippen LogP contribution in [0.5, 0.6) is 0 Å². The maximum absolute atomic E-state index is 13.1. The Morgan fingerprint density at radius 2 is 1.78 bits per heavy atom. The van der Waals surface area contributed by atoms with E-state index in [1.807, 2.05) is 60.7 Å². The molecule has 3 rings (SSSR count). The van der Waals surface area contributed by atoms with E-state index in [0.717, 1.165) is 31.4 Å². The van der Waals surface area contributed by atoms with Gasteiger partial charge in [-0.15, -0.1) is 0 Å². The predicted molar refractivity (Wildman–Crippen MR) is 125 cm³/mol. The lowest BCUT2D eigenvalue weighted by Crippen LogP contribution is -2.50. The van der Waals surface area contributed by atoms with Gasteiger partial charge in [0.2, 0.25) is 18.2 Å². The zero-order valence-corrected chi connectivity index (χ0v) is 18.4. The average molecular weight is 437 g/mol. The Morgan fingerprint density at radius 1 is 1.09 bits per heavy atom. The number of nitrogens with one attached hydrogen (secondary N) is 1. The van der Waals surface area contributed by atoms with Crippen LogP contribution in [0.4, 0.5) is 5.69 Å². The van der Waals surface area contributed by atoms with Gasteiger partial charge in [0.25, 0.3) is 0 Å². The fourth-order valence-corrected chi connectivity index (χ4v) is 4.26. The van der Waals surface area contributed by atoms with Crippen molar-refractivity contribution in [2.75, 3.05) is 24.5 Å². The molecule has 2 atom stereocenters. The number of nitrogens with zero attached hydrogens (tertiary/aromatic N) is 2. The molecule has 3 N–H and O–H groups in total. The van der Waals surface area contributed by atoms with E-state index in [0.29, 0.717) is 38.0 Å². The van der Waals surface area contributed by atoms with Crippen molar-refractivity contribution in [3.05, 3.63) is 66.2 Å². The normalized spacial score (nSPS) is 17.3. The Bertz CT molecular complexity index is 875. The van der Waals surface area contributed by atoms with E-state index in [1.54, 1.807) is 0 Å². The van der Waals surface area contributed by atoms with Crippen LogP contribution >= 0.6 is 0 Å². The van der Waals surface area contributed by atoms with Gasteiger partial charge in [-0.1, -0.05) is 55.0 Å². The summed E-state index contributed by atoms with van der Waals surface area (Å²) in [4.78, 5) is 40.4. The molecule has 2 aromatic rings. The number of rotatable bonds is 11. The van der Waals surface area contributed by atoms with Crippen LogP contribution < -0.4 is 16.0 Å². The van der Waals surface area contributed by atoms with Crippen molar-refractivity contribution in [1.82, 2.24) is 10.2 Å². The first-order valence-corrected chi connectivity index (χ1v) is 11.2. The lowest BCUT2D eigenvalue weighted by atomic mass is 10.0. The quantitative estimate of drug-likeness (QED) is 0.417. The number of piperidine rings is 1. The third-order valence-corrected chi connectivity index (χ3v) is 5.94. The highest BCUT2D eigenvalue weighted by molar-refractivity contribution is 5.92. The zero-order chi connectivity index (χ0) is 22.8. The highest BCUT2D eigenvalue weighted by Crippen LogP contribution is 2.19. The molecule has 0 aliphatic carbocycles. The molecule has 0 bridgehead atoms. The number of nitrogens with two attached hydrogens (primary N) is 1. The van der Waals surface area contributed by atoms with Gasteiger partial charge < -0.3 is 16.0 Å². The number of benzene rings is 2. The van der Waals surface area contributed by atoms with Crippen molar-refractivity contribution < 1.29 is 14.4 Å². The Labute approximate surface area is 189 Å². The Balaban J connectivity index is 1.63. The molecule has 1 aliphatic heterocycles. The van der Waals surface area contributed by atoms with Crippen LogP contribution in [-0.4, -0.2) is 54.8 Å². The van der Waals surface area contributed by atoms with Crippen molar-refractivity contribution in [3.63, 3.8) is 0 Å². The Morgan fingerprint density at radius 3 is 2.44 bits per heavy atom. The van der Waals surface area contributed by atoms with Crippen LogP contribution in [0.3, 0.4) is 0 Å². The van der Waals surface area contributed by atoms with E-state index in [-0.39, 0.29) is 17.9 Å². The van der Waals surface area contributed by atoms with Gasteiger partial charge >= 0.3 is 0 Å². The first kappa shape index (κ1) is 23.5. The first-order valence-electron chi connectivity index (χ1n) is 11.2. The van der Waals surface area contributed by atoms with E-state index >= 15 is 0 Å². The smallest absolute Gasteiger partial charge is 0.243 e. The SMILES string of the molecule is NC(=O)[C@@H]1CCCCN1CCCNC(=O)[C@H](Cc1ccccc1)N(C=O)c1ccccc1. The number of anilines is 1. The maximum atomic E-state index is 13.1. The lowest BCUT2D eigenvalue weighted by Gasteiger charge is -2.33. The topological polar surface area (TPSA) is 95.7 Å². The minimum Gasteiger partial charge on any atom is -0.368 e. The van der Waals surface area contributed by atoms with Crippen LogP contribution in [-0.2, 0) is 20.8 Å². The van der Waals surface area contributed by atoms with Crippen LogP contribution in [0.25, 0.3) is 0 Å². The van der Waals surface area contributed by atoms with Crippen molar-refractivity contribution >= 4 is 23.9 Å². The summed E-state index contributed by atoms with van der Waals surface area (Å²) < 4.78 is 0. The predicted octanol–water partition coefficient (Wildman–Crippen LogP) is 2.11. The Hall–Kier alpha value is -3.19. The molecular formula is C25H32N4O3. The van der Waals surface area contributed by atoms with Crippen LogP contribution in [0.15, 0.2) is 60.7 Å². The van der Waals surface area contributed by atoms with Gasteiger partial charge in [-0.05, 0) is 43.5 Å². The fourth-order valence-electron chi connectivity index (χ4n) is 4.26. The number of carbonyl (C=O) groups is 3. The molecule has 1 saturated heterocycles. The molecule has 7 nitrogen and oxygen atoms in total. The minimum absolute atomic E-state index is 0.199. The molecular weight excluding hydrogens is 404 g/mol. The van der Waals surface area contributed by atoms with Gasteiger partial charge in [-0.25, -0.2) is 0 Å². The number of carbonyl (C=O) groups excluding carboxylic acids is 3. The standard InChI is InChI=1S/C25H32N4O3/c26-24(31)22-14-7-8-16-28(22)17-9-15-27-25(32)23(18-20-10-3-1-4-11-20)29(19-30)21-12-5-2-6-13-21/h1-6,10-13,19,22-23H,7-9,14-18H2,(H2,26,31)(H,27,32)/t22-,23-/m0/s1. The molecule has 3 amide bonds. The number of amides is 3. The Kier molecular flexibility index (Phi) is 8.80. The van der Waals surface area contributed by atoms with Gasteiger partial charge in [0, 0.05) is 25.2 Å². The number of hydrogen-bond donors (Lipinski definition) is 2. The van der Waals surface area contributed by atoms with Gasteiger partial charge in [0.05, 0.1) is 6.04 Å². The largest absolute Gasteiger partial charge is 0.368 e. The molecule has 32 heavy (non-hydrogen) atoms. The molecule has 170 valence electrons. The summed E-state index contributed by atoms with van der Waals surface area (Å²) >= 11 is 0. The monoisotopic (exact) mass is 436 g/mol. The maximum Gasteiger partial charge on any atom is 0.243 e. The number of hydrogen-bond acceptors (Lipinski definition) is 4. The zero-order valence-electron chi connectivity index (χ0n) is 18.4. The number of primary amides is 1. The first-order chi connectivity index (χ1) is 15.6. The molecule has 1 aliphatic rings. The summed E-state index contributed by atoms with van der Waals surface area (Å²) in [5.74, 6) is -0.476. The average Bonchev–Trinajstić information content (AvgIpc) is 2.83. The van der Waals surface area contributed by atoms with Crippen LogP contribution in [0.1, 0.15) is 31.2 Å². The summed E-state index contributed by atoms with van der Waals surface area (Å²) in [6.45, 7) is 2.02. The molecule has 2 aromatic carbocycles. The molecule has 0 saturated carbocycles. The van der Waals surface area contributed by atoms with Crippen LogP contribution in [0.2, 0.25) is 0 Å². The molecule has 1 fully saturated rings. The summed E-state index contributed by atoms with van der Waals surface area (Å²) in [7, 11) is 0. The molecule has 0 radical (unpaired) electrons. The van der Waals surface area contributed by atoms with Gasteiger partial charge in [0.15, 0.2) is 0 Å². The van der Waals surface area contributed by atoms with Crippen LogP contribution in [0, 0.1) is 0 Å². The van der Waals surface area contributed by atoms with E-state index in [1.165, 1.54) is 4.90 Å². The second-order valence-electron chi connectivity index (χ2n) is 8.15. The van der Waals surface area contributed by atoms with Gasteiger partial charge in [0.1, 0.15) is 6.04 Å². The fraction of sp³-hybridized carbons (Fsp3) is 0.400. The highest BCUT2D eigenvalue weighted by atomic mass is 16.2. The number of para-hydroxylation sites is 1. The van der Waals surface area contributed by atoms with Crippen molar-refractivity contribution in [1.29, 1.82) is 0 Å². The molecule has 7 heteroatoms. The third-order valence-electron chi connectivity index (χ3n) is 5.94. The van der Waals surface area contributed by atoms with Gasteiger partial charge in [-0.2, -0.15) is 0 Å². The second kappa shape index (κ2) is 12.0. The van der Waals surface area contributed by atoms with Crippen molar-refractivity contribution in [2.45, 2.75) is 44.2 Å². The van der Waals surface area contributed by atoms with E-state index in [2.05, 4.69) is 10.2 Å². The molecule has 0 unspecified atom stereocenters. The molecule has 0 aromatic heterocycles. The summed E-state index contributed by atoms with van der Waals surface area (Å²) in [6.07, 6.45) is 4.71. The summed E-state index contributed by atoms with van der Waals surface area (Å²) in [6, 6.07) is 18.0. The molecule has 0 spiro atoms. The summed E-state index contributed by atoms with van der Waals surface area (Å²) in [5, 5.41) is 2.99. The number of likely N-dealkylation sites (tertiary alicyclic amines) is 1. The van der Waals surface area contributed by atoms with E-state index in [4.69, 9.17) is 5.73 Å². The summed E-state index contributed by atoms with van der Waals surface area (Å²) in [5.41, 5.74) is 7.19. The second-order valence-corrected chi connectivity index (χ2v) is 8.15.